The van der Waals surface area contributed by atoms with Gasteiger partial charge in [-0.15, -0.1) is 0 Å². The van der Waals surface area contributed by atoms with Gasteiger partial charge in [-0.1, -0.05) is 6.07 Å². The van der Waals surface area contributed by atoms with Crippen molar-refractivity contribution < 1.29 is 22.7 Å². The van der Waals surface area contributed by atoms with Crippen LogP contribution in [0.3, 0.4) is 0 Å². The Morgan fingerprint density at radius 1 is 1.32 bits per heavy atom. The van der Waals surface area contributed by atoms with Crippen LogP contribution in [0.1, 0.15) is 36.8 Å². The molecule has 0 amide bonds. The van der Waals surface area contributed by atoms with Crippen LogP contribution in [0.4, 0.5) is 17.6 Å². The van der Waals surface area contributed by atoms with E-state index >= 15 is 0 Å². The summed E-state index contributed by atoms with van der Waals surface area (Å²) in [7, 11) is 0. The van der Waals surface area contributed by atoms with E-state index in [1.54, 1.807) is 6.92 Å². The summed E-state index contributed by atoms with van der Waals surface area (Å²) in [6, 6.07) is 3.88. The fourth-order valence-corrected chi connectivity index (χ4v) is 2.87. The molecule has 0 heterocycles. The van der Waals surface area contributed by atoms with Gasteiger partial charge in [0.15, 0.2) is 0 Å². The lowest BCUT2D eigenvalue weighted by Crippen LogP contribution is -2.38. The molecule has 0 spiro atoms. The third kappa shape index (κ3) is 2.91. The average Bonchev–Trinajstić information content (AvgIpc) is 2.31. The van der Waals surface area contributed by atoms with Crippen LogP contribution < -0.4 is 0 Å². The van der Waals surface area contributed by atoms with Gasteiger partial charge in [0.1, 0.15) is 5.82 Å². The van der Waals surface area contributed by atoms with Crippen LogP contribution in [0, 0.1) is 18.7 Å². The zero-order valence-corrected chi connectivity index (χ0v) is 10.6. The Labute approximate surface area is 109 Å². The van der Waals surface area contributed by atoms with Gasteiger partial charge in [-0.2, -0.15) is 13.2 Å². The van der Waals surface area contributed by atoms with Crippen molar-refractivity contribution in [1.29, 1.82) is 0 Å². The van der Waals surface area contributed by atoms with Crippen LogP contribution in [-0.4, -0.2) is 11.3 Å². The summed E-state index contributed by atoms with van der Waals surface area (Å²) in [6.45, 7) is 1.67. The van der Waals surface area contributed by atoms with Gasteiger partial charge in [0.25, 0.3) is 0 Å². The van der Waals surface area contributed by atoms with Crippen LogP contribution >= 0.6 is 0 Å². The monoisotopic (exact) mass is 276 g/mol. The number of aliphatic hydroxyl groups is 1. The minimum absolute atomic E-state index is 0.0279. The Bertz CT molecular complexity index is 469. The molecule has 1 aliphatic carbocycles. The summed E-state index contributed by atoms with van der Waals surface area (Å²) in [5, 5.41) is 10.5. The SMILES string of the molecule is Cc1ccc(F)cc1C1(O)CCCC(C(F)(F)F)C1. The molecule has 0 radical (unpaired) electrons. The lowest BCUT2D eigenvalue weighted by molar-refractivity contribution is -0.202. The first-order valence-electron chi connectivity index (χ1n) is 6.28. The molecule has 1 aliphatic rings. The van der Waals surface area contributed by atoms with Gasteiger partial charge in [0.2, 0.25) is 0 Å². The van der Waals surface area contributed by atoms with Crippen LogP contribution in [0.2, 0.25) is 0 Å². The van der Waals surface area contributed by atoms with E-state index in [2.05, 4.69) is 0 Å². The maximum atomic E-state index is 13.3. The fraction of sp³-hybridized carbons (Fsp3) is 0.571. The Morgan fingerprint density at radius 2 is 2.00 bits per heavy atom. The molecule has 1 nitrogen and oxygen atoms in total. The highest BCUT2D eigenvalue weighted by molar-refractivity contribution is 5.32. The van der Waals surface area contributed by atoms with Crippen molar-refractivity contribution in [3.8, 4) is 0 Å². The zero-order chi connectivity index (χ0) is 14.3. The maximum Gasteiger partial charge on any atom is 0.391 e. The molecule has 106 valence electrons. The van der Waals surface area contributed by atoms with Crippen molar-refractivity contribution in [2.75, 3.05) is 0 Å². The first-order valence-corrected chi connectivity index (χ1v) is 6.28. The van der Waals surface area contributed by atoms with Crippen LogP contribution in [0.15, 0.2) is 18.2 Å². The Morgan fingerprint density at radius 3 is 2.63 bits per heavy atom. The second kappa shape index (κ2) is 4.78. The summed E-state index contributed by atoms with van der Waals surface area (Å²) >= 11 is 0. The number of benzene rings is 1. The highest BCUT2D eigenvalue weighted by Gasteiger charge is 2.47. The number of hydrogen-bond donors (Lipinski definition) is 1. The molecule has 2 atom stereocenters. The predicted octanol–water partition coefficient (Wildman–Crippen LogP) is 4.07. The van der Waals surface area contributed by atoms with E-state index in [1.807, 2.05) is 0 Å². The topological polar surface area (TPSA) is 20.2 Å². The molecule has 1 aromatic rings. The van der Waals surface area contributed by atoms with Gasteiger partial charge in [0, 0.05) is 0 Å². The van der Waals surface area contributed by atoms with Gasteiger partial charge in [0.05, 0.1) is 11.5 Å². The fourth-order valence-electron chi connectivity index (χ4n) is 2.87. The number of rotatable bonds is 1. The average molecular weight is 276 g/mol. The second-order valence-electron chi connectivity index (χ2n) is 5.33. The highest BCUT2D eigenvalue weighted by Crippen LogP contribution is 2.46. The normalized spacial score (nSPS) is 28.4. The molecule has 0 saturated heterocycles. The molecule has 1 N–H and O–H groups in total. The summed E-state index contributed by atoms with van der Waals surface area (Å²) in [4.78, 5) is 0. The molecule has 1 aromatic carbocycles. The van der Waals surface area contributed by atoms with Gasteiger partial charge in [-0.25, -0.2) is 4.39 Å². The third-order valence-electron chi connectivity index (χ3n) is 3.89. The summed E-state index contributed by atoms with van der Waals surface area (Å²) in [5.74, 6) is -2.06. The van der Waals surface area contributed by atoms with Crippen LogP contribution in [0.25, 0.3) is 0 Å². The summed E-state index contributed by atoms with van der Waals surface area (Å²) in [6.07, 6.45) is -4.14. The van der Waals surface area contributed by atoms with Crippen molar-refractivity contribution in [3.63, 3.8) is 0 Å². The van der Waals surface area contributed by atoms with E-state index in [0.29, 0.717) is 5.56 Å². The maximum absolute atomic E-state index is 13.3. The Hall–Kier alpha value is -1.10. The predicted molar refractivity (Wildman–Crippen MR) is 63.0 cm³/mol. The lowest BCUT2D eigenvalue weighted by Gasteiger charge is -2.38. The minimum atomic E-state index is -4.31. The van der Waals surface area contributed by atoms with E-state index in [-0.39, 0.29) is 31.2 Å². The van der Waals surface area contributed by atoms with Crippen molar-refractivity contribution in [3.05, 3.63) is 35.1 Å². The molecule has 0 aliphatic heterocycles. The molecule has 5 heteroatoms. The standard InChI is InChI=1S/C14H16F4O/c1-9-4-5-11(15)7-12(9)13(19)6-2-3-10(8-13)14(16,17)18/h4-5,7,10,19H,2-3,6,8H2,1H3. The van der Waals surface area contributed by atoms with E-state index in [1.165, 1.54) is 12.1 Å². The zero-order valence-electron chi connectivity index (χ0n) is 10.6. The number of hydrogen-bond acceptors (Lipinski definition) is 1. The molecule has 0 bridgehead atoms. The molecular weight excluding hydrogens is 260 g/mol. The largest absolute Gasteiger partial charge is 0.391 e. The molecule has 1 saturated carbocycles. The smallest absolute Gasteiger partial charge is 0.385 e. The first kappa shape index (κ1) is 14.3. The quantitative estimate of drug-likeness (QED) is 0.766. The van der Waals surface area contributed by atoms with Crippen molar-refractivity contribution in [1.82, 2.24) is 0 Å². The first-order chi connectivity index (χ1) is 8.72. The van der Waals surface area contributed by atoms with Crippen molar-refractivity contribution in [2.45, 2.75) is 44.4 Å². The molecule has 1 fully saturated rings. The Balaban J connectivity index is 2.34. The minimum Gasteiger partial charge on any atom is -0.385 e. The summed E-state index contributed by atoms with van der Waals surface area (Å²) in [5.41, 5.74) is -0.682. The Kier molecular flexibility index (Phi) is 3.60. The molecule has 19 heavy (non-hydrogen) atoms. The van der Waals surface area contributed by atoms with Crippen LogP contribution in [0.5, 0.6) is 0 Å². The second-order valence-corrected chi connectivity index (χ2v) is 5.33. The third-order valence-corrected chi connectivity index (χ3v) is 3.89. The number of aryl methyl sites for hydroxylation is 1. The van der Waals surface area contributed by atoms with E-state index in [9.17, 15) is 22.7 Å². The van der Waals surface area contributed by atoms with Crippen molar-refractivity contribution in [2.24, 2.45) is 5.92 Å². The summed E-state index contributed by atoms with van der Waals surface area (Å²) < 4.78 is 51.7. The lowest BCUT2D eigenvalue weighted by atomic mass is 9.73. The van der Waals surface area contributed by atoms with Gasteiger partial charge < -0.3 is 5.11 Å². The molecule has 0 aromatic heterocycles. The van der Waals surface area contributed by atoms with E-state index in [0.717, 1.165) is 6.07 Å². The number of alkyl halides is 3. The number of halogens is 4. The van der Waals surface area contributed by atoms with Crippen molar-refractivity contribution >= 4 is 0 Å². The highest BCUT2D eigenvalue weighted by atomic mass is 19.4. The van der Waals surface area contributed by atoms with E-state index in [4.69, 9.17) is 0 Å². The molecule has 2 rings (SSSR count). The van der Waals surface area contributed by atoms with Gasteiger partial charge in [-0.05, 0) is 55.9 Å². The van der Waals surface area contributed by atoms with Crippen LogP contribution in [-0.2, 0) is 5.60 Å². The van der Waals surface area contributed by atoms with Gasteiger partial charge >= 0.3 is 6.18 Å². The molecular formula is C14H16F4O. The molecule has 2 unspecified atom stereocenters. The van der Waals surface area contributed by atoms with Gasteiger partial charge in [-0.3, -0.25) is 0 Å². The van der Waals surface area contributed by atoms with E-state index < -0.39 is 23.5 Å².